The minimum Gasteiger partial charge on any atom is -0.495 e. The highest BCUT2D eigenvalue weighted by molar-refractivity contribution is 6.32. The molecule has 0 saturated carbocycles. The Kier molecular flexibility index (Phi) is 8.07. The standard InChI is InChI=1S/C20H25ClN2O4/c1-25-17-7-5-15(13-16(17)21)22-11-9-20(24)23-10-8-14-4-6-18(26-2)19(12-14)27-3/h4-7,12-13,22H,8-11H2,1-3H3,(H,23,24). The fourth-order valence-electron chi connectivity index (χ4n) is 2.57. The van der Waals surface area contributed by atoms with Crippen molar-refractivity contribution in [3.63, 3.8) is 0 Å². The zero-order valence-electron chi connectivity index (χ0n) is 15.8. The Bertz CT molecular complexity index is 768. The zero-order chi connectivity index (χ0) is 19.6. The van der Waals surface area contributed by atoms with Gasteiger partial charge in [-0.1, -0.05) is 17.7 Å². The fraction of sp³-hybridized carbons (Fsp3) is 0.350. The van der Waals surface area contributed by atoms with Gasteiger partial charge in [-0.05, 0) is 42.3 Å². The summed E-state index contributed by atoms with van der Waals surface area (Å²) < 4.78 is 15.6. The van der Waals surface area contributed by atoms with Crippen LogP contribution in [0.3, 0.4) is 0 Å². The molecule has 0 aliphatic rings. The van der Waals surface area contributed by atoms with Crippen molar-refractivity contribution in [2.45, 2.75) is 12.8 Å². The first-order chi connectivity index (χ1) is 13.1. The average molecular weight is 393 g/mol. The molecule has 2 rings (SSSR count). The van der Waals surface area contributed by atoms with Gasteiger partial charge >= 0.3 is 0 Å². The largest absolute Gasteiger partial charge is 0.495 e. The summed E-state index contributed by atoms with van der Waals surface area (Å²) in [6, 6.07) is 11.2. The summed E-state index contributed by atoms with van der Waals surface area (Å²) in [5, 5.41) is 6.62. The second-order valence-electron chi connectivity index (χ2n) is 5.82. The second-order valence-corrected chi connectivity index (χ2v) is 6.22. The molecule has 0 unspecified atom stereocenters. The van der Waals surface area contributed by atoms with E-state index in [0.29, 0.717) is 48.2 Å². The van der Waals surface area contributed by atoms with Crippen LogP contribution in [0.25, 0.3) is 0 Å². The number of methoxy groups -OCH3 is 3. The maximum Gasteiger partial charge on any atom is 0.221 e. The summed E-state index contributed by atoms with van der Waals surface area (Å²) in [7, 11) is 4.78. The van der Waals surface area contributed by atoms with E-state index in [-0.39, 0.29) is 5.91 Å². The van der Waals surface area contributed by atoms with Crippen LogP contribution in [0.1, 0.15) is 12.0 Å². The summed E-state index contributed by atoms with van der Waals surface area (Å²) in [4.78, 5) is 12.0. The lowest BCUT2D eigenvalue weighted by Crippen LogP contribution is -2.27. The molecule has 0 bridgehead atoms. The number of halogens is 1. The predicted octanol–water partition coefficient (Wildman–Crippen LogP) is 3.53. The van der Waals surface area contributed by atoms with Gasteiger partial charge < -0.3 is 24.8 Å². The van der Waals surface area contributed by atoms with Crippen molar-refractivity contribution in [1.82, 2.24) is 5.32 Å². The normalized spacial score (nSPS) is 10.2. The maximum atomic E-state index is 12.0. The van der Waals surface area contributed by atoms with E-state index in [1.165, 1.54) is 0 Å². The summed E-state index contributed by atoms with van der Waals surface area (Å²) in [5.41, 5.74) is 1.91. The molecule has 6 nitrogen and oxygen atoms in total. The molecule has 146 valence electrons. The minimum atomic E-state index is -0.0115. The van der Waals surface area contributed by atoms with Gasteiger partial charge in [0.1, 0.15) is 5.75 Å². The smallest absolute Gasteiger partial charge is 0.221 e. The van der Waals surface area contributed by atoms with Crippen LogP contribution in [0, 0.1) is 0 Å². The van der Waals surface area contributed by atoms with Crippen LogP contribution in [-0.4, -0.2) is 40.3 Å². The van der Waals surface area contributed by atoms with Crippen molar-refractivity contribution in [2.24, 2.45) is 0 Å². The fourth-order valence-corrected chi connectivity index (χ4v) is 2.83. The molecule has 0 fully saturated rings. The van der Waals surface area contributed by atoms with Crippen LogP contribution in [-0.2, 0) is 11.2 Å². The Morgan fingerprint density at radius 3 is 2.30 bits per heavy atom. The third kappa shape index (κ3) is 6.25. The molecule has 0 heterocycles. The average Bonchev–Trinajstić information content (AvgIpc) is 2.68. The maximum absolute atomic E-state index is 12.0. The van der Waals surface area contributed by atoms with Gasteiger partial charge in [0.25, 0.3) is 0 Å². The van der Waals surface area contributed by atoms with E-state index in [4.69, 9.17) is 25.8 Å². The number of carbonyl (C=O) groups excluding carboxylic acids is 1. The molecule has 0 radical (unpaired) electrons. The molecule has 0 aromatic heterocycles. The highest BCUT2D eigenvalue weighted by atomic mass is 35.5. The van der Waals surface area contributed by atoms with Crippen molar-refractivity contribution in [3.05, 3.63) is 47.0 Å². The molecular weight excluding hydrogens is 368 g/mol. The van der Waals surface area contributed by atoms with E-state index in [1.54, 1.807) is 33.5 Å². The molecule has 2 aromatic rings. The van der Waals surface area contributed by atoms with Crippen molar-refractivity contribution >= 4 is 23.2 Å². The number of anilines is 1. The lowest BCUT2D eigenvalue weighted by molar-refractivity contribution is -0.120. The topological polar surface area (TPSA) is 68.8 Å². The Balaban J connectivity index is 1.71. The molecule has 27 heavy (non-hydrogen) atoms. The first-order valence-electron chi connectivity index (χ1n) is 8.62. The van der Waals surface area contributed by atoms with Crippen molar-refractivity contribution in [1.29, 1.82) is 0 Å². The van der Waals surface area contributed by atoms with E-state index in [9.17, 15) is 4.79 Å². The SMILES string of the molecule is COc1ccc(NCCC(=O)NCCc2ccc(OC)c(OC)c2)cc1Cl. The number of benzene rings is 2. The molecule has 0 saturated heterocycles. The number of carbonyl (C=O) groups is 1. The van der Waals surface area contributed by atoms with Crippen LogP contribution < -0.4 is 24.8 Å². The van der Waals surface area contributed by atoms with Crippen LogP contribution in [0.15, 0.2) is 36.4 Å². The second kappa shape index (κ2) is 10.5. The summed E-state index contributed by atoms with van der Waals surface area (Å²) in [5.74, 6) is 1.98. The van der Waals surface area contributed by atoms with Crippen molar-refractivity contribution < 1.29 is 19.0 Å². The molecule has 0 aliphatic heterocycles. The van der Waals surface area contributed by atoms with Crippen LogP contribution in [0.4, 0.5) is 5.69 Å². The van der Waals surface area contributed by atoms with E-state index < -0.39 is 0 Å². The first-order valence-corrected chi connectivity index (χ1v) is 9.00. The lowest BCUT2D eigenvalue weighted by Gasteiger charge is -2.11. The number of ether oxygens (including phenoxy) is 3. The summed E-state index contributed by atoms with van der Waals surface area (Å²) >= 11 is 6.08. The van der Waals surface area contributed by atoms with Crippen LogP contribution >= 0.6 is 11.6 Å². The quantitative estimate of drug-likeness (QED) is 0.647. The Morgan fingerprint density at radius 2 is 1.63 bits per heavy atom. The van der Waals surface area contributed by atoms with Crippen molar-refractivity contribution in [2.75, 3.05) is 39.7 Å². The summed E-state index contributed by atoms with van der Waals surface area (Å²) in [6.45, 7) is 1.08. The number of hydrogen-bond acceptors (Lipinski definition) is 5. The predicted molar refractivity (Wildman–Crippen MR) is 107 cm³/mol. The zero-order valence-corrected chi connectivity index (χ0v) is 16.6. The first kappa shape index (κ1) is 20.7. The summed E-state index contributed by atoms with van der Waals surface area (Å²) in [6.07, 6.45) is 1.09. The van der Waals surface area contributed by atoms with Gasteiger partial charge in [-0.2, -0.15) is 0 Å². The van der Waals surface area contributed by atoms with E-state index in [2.05, 4.69) is 10.6 Å². The number of amides is 1. The molecule has 0 aliphatic carbocycles. The minimum absolute atomic E-state index is 0.0115. The third-order valence-electron chi connectivity index (χ3n) is 4.02. The van der Waals surface area contributed by atoms with Gasteiger partial charge in [-0.25, -0.2) is 0 Å². The number of nitrogens with one attached hydrogen (secondary N) is 2. The Labute approximate surface area is 164 Å². The lowest BCUT2D eigenvalue weighted by atomic mass is 10.1. The van der Waals surface area contributed by atoms with Crippen molar-refractivity contribution in [3.8, 4) is 17.2 Å². The van der Waals surface area contributed by atoms with E-state index >= 15 is 0 Å². The Morgan fingerprint density at radius 1 is 0.926 bits per heavy atom. The molecule has 2 N–H and O–H groups in total. The molecular formula is C20H25ClN2O4. The molecule has 1 amide bonds. The molecule has 0 atom stereocenters. The van der Waals surface area contributed by atoms with Gasteiger partial charge in [0.15, 0.2) is 11.5 Å². The van der Waals surface area contributed by atoms with Gasteiger partial charge in [0.05, 0.1) is 26.4 Å². The highest BCUT2D eigenvalue weighted by Gasteiger charge is 2.06. The molecule has 0 spiro atoms. The van der Waals surface area contributed by atoms with Gasteiger partial charge in [-0.3, -0.25) is 4.79 Å². The van der Waals surface area contributed by atoms with Crippen LogP contribution in [0.2, 0.25) is 5.02 Å². The van der Waals surface area contributed by atoms with E-state index in [0.717, 1.165) is 11.3 Å². The van der Waals surface area contributed by atoms with Gasteiger partial charge in [0.2, 0.25) is 5.91 Å². The Hall–Kier alpha value is -2.60. The highest BCUT2D eigenvalue weighted by Crippen LogP contribution is 2.28. The third-order valence-corrected chi connectivity index (χ3v) is 4.31. The number of hydrogen-bond donors (Lipinski definition) is 2. The van der Waals surface area contributed by atoms with Crippen LogP contribution in [0.5, 0.6) is 17.2 Å². The van der Waals surface area contributed by atoms with Gasteiger partial charge in [-0.15, -0.1) is 0 Å². The monoisotopic (exact) mass is 392 g/mol. The number of rotatable bonds is 10. The van der Waals surface area contributed by atoms with E-state index in [1.807, 2.05) is 24.3 Å². The molecule has 2 aromatic carbocycles. The molecule has 7 heteroatoms. The van der Waals surface area contributed by atoms with Gasteiger partial charge in [0, 0.05) is 25.2 Å².